The highest BCUT2D eigenvalue weighted by molar-refractivity contribution is 9.10. The predicted octanol–water partition coefficient (Wildman–Crippen LogP) is 4.65. The van der Waals surface area contributed by atoms with Crippen LogP contribution in [0.2, 0.25) is 0 Å². The van der Waals surface area contributed by atoms with Crippen molar-refractivity contribution in [3.05, 3.63) is 70.2 Å². The SMILES string of the molecule is O=C(CCc1cccc(Br)c1)NC(c1ccccc1)C1CC1. The third-order valence-corrected chi connectivity index (χ3v) is 4.59. The van der Waals surface area contributed by atoms with E-state index in [9.17, 15) is 4.79 Å². The molecule has 3 heteroatoms. The Morgan fingerprint density at radius 2 is 1.91 bits per heavy atom. The summed E-state index contributed by atoms with van der Waals surface area (Å²) in [6.07, 6.45) is 3.74. The average Bonchev–Trinajstić information content (AvgIpc) is 3.36. The first-order valence-corrected chi connectivity index (χ1v) is 8.60. The summed E-state index contributed by atoms with van der Waals surface area (Å²) >= 11 is 3.47. The fourth-order valence-electron chi connectivity index (χ4n) is 2.76. The molecule has 1 aliphatic rings. The van der Waals surface area contributed by atoms with Crippen molar-refractivity contribution in [2.24, 2.45) is 5.92 Å². The Labute approximate surface area is 140 Å². The Hall–Kier alpha value is -1.61. The van der Waals surface area contributed by atoms with Crippen molar-refractivity contribution in [2.45, 2.75) is 31.7 Å². The van der Waals surface area contributed by atoms with E-state index in [1.165, 1.54) is 24.0 Å². The van der Waals surface area contributed by atoms with E-state index in [2.05, 4.69) is 45.5 Å². The minimum absolute atomic E-state index is 0.140. The van der Waals surface area contributed by atoms with Crippen molar-refractivity contribution >= 4 is 21.8 Å². The Morgan fingerprint density at radius 1 is 1.14 bits per heavy atom. The Bertz CT molecular complexity index is 637. The molecule has 1 unspecified atom stereocenters. The monoisotopic (exact) mass is 357 g/mol. The molecular formula is C19H20BrNO. The molecule has 1 amide bonds. The number of nitrogens with one attached hydrogen (secondary N) is 1. The van der Waals surface area contributed by atoms with Crippen LogP contribution in [0.15, 0.2) is 59.1 Å². The van der Waals surface area contributed by atoms with Crippen molar-refractivity contribution in [3.8, 4) is 0 Å². The van der Waals surface area contributed by atoms with Crippen molar-refractivity contribution in [2.75, 3.05) is 0 Å². The Balaban J connectivity index is 1.58. The number of benzene rings is 2. The number of hydrogen-bond acceptors (Lipinski definition) is 1. The predicted molar refractivity (Wildman–Crippen MR) is 92.5 cm³/mol. The second-order valence-electron chi connectivity index (χ2n) is 5.92. The fraction of sp³-hybridized carbons (Fsp3) is 0.316. The molecule has 2 aromatic carbocycles. The van der Waals surface area contributed by atoms with Crippen LogP contribution in [-0.4, -0.2) is 5.91 Å². The molecule has 2 aromatic rings. The summed E-state index contributed by atoms with van der Waals surface area (Å²) < 4.78 is 1.06. The lowest BCUT2D eigenvalue weighted by atomic mass is 10.0. The molecule has 2 nitrogen and oxygen atoms in total. The van der Waals surface area contributed by atoms with Gasteiger partial charge in [-0.05, 0) is 48.4 Å². The maximum absolute atomic E-state index is 12.3. The van der Waals surface area contributed by atoms with Gasteiger partial charge in [0.2, 0.25) is 5.91 Å². The highest BCUT2D eigenvalue weighted by Crippen LogP contribution is 2.40. The van der Waals surface area contributed by atoms with Crippen molar-refractivity contribution in [1.82, 2.24) is 5.32 Å². The molecule has 1 N–H and O–H groups in total. The first kappa shape index (κ1) is 15.3. The lowest BCUT2D eigenvalue weighted by molar-refractivity contribution is -0.122. The van der Waals surface area contributed by atoms with E-state index in [-0.39, 0.29) is 11.9 Å². The molecule has 1 atom stereocenters. The quantitative estimate of drug-likeness (QED) is 0.800. The van der Waals surface area contributed by atoms with Gasteiger partial charge in [0, 0.05) is 10.9 Å². The second kappa shape index (κ2) is 7.10. The van der Waals surface area contributed by atoms with E-state index in [1.54, 1.807) is 0 Å². The highest BCUT2D eigenvalue weighted by Gasteiger charge is 2.33. The van der Waals surface area contributed by atoms with Gasteiger partial charge in [0.1, 0.15) is 0 Å². The summed E-state index contributed by atoms with van der Waals surface area (Å²) in [5.74, 6) is 0.748. The van der Waals surface area contributed by atoms with E-state index in [1.807, 2.05) is 30.3 Å². The van der Waals surface area contributed by atoms with Gasteiger partial charge in [-0.15, -0.1) is 0 Å². The first-order chi connectivity index (χ1) is 10.7. The number of rotatable bonds is 6. The van der Waals surface area contributed by atoms with Crippen LogP contribution in [0.4, 0.5) is 0 Å². The number of carbonyl (C=O) groups excluding carboxylic acids is 1. The third kappa shape index (κ3) is 4.20. The molecule has 0 aromatic heterocycles. The largest absolute Gasteiger partial charge is 0.349 e. The molecule has 0 aliphatic heterocycles. The number of halogens is 1. The smallest absolute Gasteiger partial charge is 0.220 e. The number of amides is 1. The maximum Gasteiger partial charge on any atom is 0.220 e. The summed E-state index contributed by atoms with van der Waals surface area (Å²) in [5, 5.41) is 3.23. The van der Waals surface area contributed by atoms with E-state index < -0.39 is 0 Å². The molecule has 1 aliphatic carbocycles. The van der Waals surface area contributed by atoms with Crippen LogP contribution in [0.3, 0.4) is 0 Å². The summed E-state index contributed by atoms with van der Waals surface area (Å²) in [7, 11) is 0. The van der Waals surface area contributed by atoms with Crippen LogP contribution < -0.4 is 5.32 Å². The third-order valence-electron chi connectivity index (χ3n) is 4.10. The molecule has 0 saturated heterocycles. The summed E-state index contributed by atoms with van der Waals surface area (Å²) in [6, 6.07) is 18.6. The standard InChI is InChI=1S/C19H20BrNO/c20-17-8-4-5-14(13-17)9-12-18(22)21-19(16-10-11-16)15-6-2-1-3-7-15/h1-8,13,16,19H,9-12H2,(H,21,22). The molecule has 114 valence electrons. The normalized spacial score (nSPS) is 15.3. The van der Waals surface area contributed by atoms with E-state index in [0.717, 1.165) is 10.9 Å². The summed E-state index contributed by atoms with van der Waals surface area (Å²) in [6.45, 7) is 0. The zero-order chi connectivity index (χ0) is 15.4. The van der Waals surface area contributed by atoms with E-state index >= 15 is 0 Å². The zero-order valence-corrected chi connectivity index (χ0v) is 14.1. The topological polar surface area (TPSA) is 29.1 Å². The van der Waals surface area contributed by atoms with Gasteiger partial charge >= 0.3 is 0 Å². The van der Waals surface area contributed by atoms with Gasteiger partial charge < -0.3 is 5.32 Å². The zero-order valence-electron chi connectivity index (χ0n) is 12.5. The van der Waals surface area contributed by atoms with E-state index in [0.29, 0.717) is 12.3 Å². The number of aryl methyl sites for hydroxylation is 1. The minimum Gasteiger partial charge on any atom is -0.349 e. The highest BCUT2D eigenvalue weighted by atomic mass is 79.9. The summed E-state index contributed by atoms with van der Waals surface area (Å²) in [5.41, 5.74) is 2.41. The average molecular weight is 358 g/mol. The maximum atomic E-state index is 12.3. The van der Waals surface area contributed by atoms with Gasteiger partial charge in [0.05, 0.1) is 6.04 Å². The van der Waals surface area contributed by atoms with Gasteiger partial charge in [0.15, 0.2) is 0 Å². The van der Waals surface area contributed by atoms with Gasteiger partial charge in [-0.1, -0.05) is 58.4 Å². The molecule has 22 heavy (non-hydrogen) atoms. The molecule has 1 fully saturated rings. The van der Waals surface area contributed by atoms with Crippen LogP contribution in [0.1, 0.15) is 36.4 Å². The molecule has 0 radical (unpaired) electrons. The molecule has 0 heterocycles. The van der Waals surface area contributed by atoms with Crippen LogP contribution in [0.5, 0.6) is 0 Å². The van der Waals surface area contributed by atoms with Gasteiger partial charge in [-0.3, -0.25) is 4.79 Å². The van der Waals surface area contributed by atoms with Crippen molar-refractivity contribution in [1.29, 1.82) is 0 Å². The van der Waals surface area contributed by atoms with E-state index in [4.69, 9.17) is 0 Å². The van der Waals surface area contributed by atoms with Crippen LogP contribution >= 0.6 is 15.9 Å². The van der Waals surface area contributed by atoms with Crippen LogP contribution in [-0.2, 0) is 11.2 Å². The van der Waals surface area contributed by atoms with Gasteiger partial charge in [0.25, 0.3) is 0 Å². The number of hydrogen-bond donors (Lipinski definition) is 1. The minimum atomic E-state index is 0.140. The molecule has 0 bridgehead atoms. The Kier molecular flexibility index (Phi) is 4.94. The van der Waals surface area contributed by atoms with Gasteiger partial charge in [-0.25, -0.2) is 0 Å². The lowest BCUT2D eigenvalue weighted by Gasteiger charge is -2.19. The first-order valence-electron chi connectivity index (χ1n) is 7.81. The second-order valence-corrected chi connectivity index (χ2v) is 6.84. The van der Waals surface area contributed by atoms with Gasteiger partial charge in [-0.2, -0.15) is 0 Å². The van der Waals surface area contributed by atoms with Crippen LogP contribution in [0.25, 0.3) is 0 Å². The summed E-state index contributed by atoms with van der Waals surface area (Å²) in [4.78, 5) is 12.3. The lowest BCUT2D eigenvalue weighted by Crippen LogP contribution is -2.30. The number of carbonyl (C=O) groups is 1. The fourth-order valence-corrected chi connectivity index (χ4v) is 3.21. The van der Waals surface area contributed by atoms with Crippen molar-refractivity contribution < 1.29 is 4.79 Å². The van der Waals surface area contributed by atoms with Crippen LogP contribution in [0, 0.1) is 5.92 Å². The Morgan fingerprint density at radius 3 is 2.59 bits per heavy atom. The van der Waals surface area contributed by atoms with Crippen molar-refractivity contribution in [3.63, 3.8) is 0 Å². The molecule has 3 rings (SSSR count). The molecular weight excluding hydrogens is 338 g/mol. The molecule has 1 saturated carbocycles. The molecule has 0 spiro atoms.